The zero-order valence-electron chi connectivity index (χ0n) is 13.0. The number of thiazole rings is 1. The Morgan fingerprint density at radius 1 is 1.20 bits per heavy atom. The minimum absolute atomic E-state index is 0.139. The van der Waals surface area contributed by atoms with Crippen LogP contribution < -0.4 is 5.32 Å². The van der Waals surface area contributed by atoms with Crippen LogP contribution in [0.5, 0.6) is 0 Å². The molecule has 2 heterocycles. The predicted molar refractivity (Wildman–Crippen MR) is 101 cm³/mol. The SMILES string of the molecule is O=C(Cn1c(-c2cscn2)nc2ccccc21)Nc1cccc(Cl)c1. The molecule has 0 bridgehead atoms. The van der Waals surface area contributed by atoms with Gasteiger partial charge in [0.25, 0.3) is 0 Å². The van der Waals surface area contributed by atoms with Crippen molar-refractivity contribution in [3.63, 3.8) is 0 Å². The van der Waals surface area contributed by atoms with Gasteiger partial charge in [0.05, 0.1) is 16.5 Å². The number of imidazole rings is 1. The number of para-hydroxylation sites is 2. The third-order valence-electron chi connectivity index (χ3n) is 3.73. The highest BCUT2D eigenvalue weighted by Gasteiger charge is 2.16. The number of halogens is 1. The van der Waals surface area contributed by atoms with Gasteiger partial charge in [-0.25, -0.2) is 9.97 Å². The van der Waals surface area contributed by atoms with E-state index in [0.717, 1.165) is 16.7 Å². The molecule has 0 radical (unpaired) electrons. The number of rotatable bonds is 4. The van der Waals surface area contributed by atoms with Gasteiger partial charge in [0.2, 0.25) is 5.91 Å². The van der Waals surface area contributed by atoms with E-state index in [9.17, 15) is 4.79 Å². The molecule has 124 valence electrons. The molecule has 7 heteroatoms. The van der Waals surface area contributed by atoms with Crippen LogP contribution in [0, 0.1) is 0 Å². The smallest absolute Gasteiger partial charge is 0.244 e. The van der Waals surface area contributed by atoms with Crippen LogP contribution in [0.1, 0.15) is 0 Å². The number of carbonyl (C=O) groups excluding carboxylic acids is 1. The van der Waals surface area contributed by atoms with Gasteiger partial charge in [0.15, 0.2) is 5.82 Å². The van der Waals surface area contributed by atoms with E-state index in [-0.39, 0.29) is 12.5 Å². The molecule has 1 amide bonds. The highest BCUT2D eigenvalue weighted by Crippen LogP contribution is 2.25. The summed E-state index contributed by atoms with van der Waals surface area (Å²) in [5.74, 6) is 0.533. The molecule has 2 aromatic heterocycles. The molecule has 0 aliphatic heterocycles. The van der Waals surface area contributed by atoms with Gasteiger partial charge in [-0.15, -0.1) is 11.3 Å². The van der Waals surface area contributed by atoms with E-state index < -0.39 is 0 Å². The maximum Gasteiger partial charge on any atom is 0.244 e. The molecule has 0 unspecified atom stereocenters. The molecule has 0 spiro atoms. The van der Waals surface area contributed by atoms with Crippen molar-refractivity contribution in [2.45, 2.75) is 6.54 Å². The third-order valence-corrected chi connectivity index (χ3v) is 4.55. The molecule has 0 saturated carbocycles. The number of hydrogen-bond acceptors (Lipinski definition) is 4. The Morgan fingerprint density at radius 3 is 2.88 bits per heavy atom. The van der Waals surface area contributed by atoms with Crippen molar-refractivity contribution >= 4 is 45.6 Å². The van der Waals surface area contributed by atoms with Crippen molar-refractivity contribution in [1.82, 2.24) is 14.5 Å². The van der Waals surface area contributed by atoms with E-state index in [4.69, 9.17) is 11.6 Å². The van der Waals surface area contributed by atoms with Crippen molar-refractivity contribution in [3.05, 3.63) is 64.4 Å². The number of nitrogens with one attached hydrogen (secondary N) is 1. The standard InChI is InChI=1S/C18H13ClN4OS/c19-12-4-3-5-13(8-12)21-17(24)9-23-16-7-2-1-6-14(16)22-18(23)15-10-25-11-20-15/h1-8,10-11H,9H2,(H,21,24). The normalized spacial score (nSPS) is 10.9. The van der Waals surface area contributed by atoms with Crippen molar-refractivity contribution in [3.8, 4) is 11.5 Å². The van der Waals surface area contributed by atoms with Crippen LogP contribution in [0.3, 0.4) is 0 Å². The van der Waals surface area contributed by atoms with Gasteiger partial charge in [-0.1, -0.05) is 29.8 Å². The molecule has 1 N–H and O–H groups in total. The summed E-state index contributed by atoms with van der Waals surface area (Å²) in [5, 5.41) is 5.37. The molecule has 0 atom stereocenters. The van der Waals surface area contributed by atoms with Gasteiger partial charge in [0.1, 0.15) is 12.2 Å². The molecular formula is C18H13ClN4OS. The summed E-state index contributed by atoms with van der Waals surface area (Å²) in [5.41, 5.74) is 4.91. The lowest BCUT2D eigenvalue weighted by atomic mass is 10.3. The number of anilines is 1. The maximum absolute atomic E-state index is 12.5. The Hall–Kier alpha value is -2.70. The summed E-state index contributed by atoms with van der Waals surface area (Å²) < 4.78 is 1.88. The predicted octanol–water partition coefficient (Wildman–Crippen LogP) is 4.45. The van der Waals surface area contributed by atoms with Crippen molar-refractivity contribution in [2.24, 2.45) is 0 Å². The fourth-order valence-electron chi connectivity index (χ4n) is 2.66. The highest BCUT2D eigenvalue weighted by atomic mass is 35.5. The minimum atomic E-state index is -0.151. The first kappa shape index (κ1) is 15.8. The Bertz CT molecular complexity index is 1040. The third kappa shape index (κ3) is 3.26. The van der Waals surface area contributed by atoms with Gasteiger partial charge in [-0.05, 0) is 30.3 Å². The second kappa shape index (κ2) is 6.66. The van der Waals surface area contributed by atoms with Crippen LogP contribution in [0.25, 0.3) is 22.6 Å². The molecule has 2 aromatic carbocycles. The first-order valence-corrected chi connectivity index (χ1v) is 8.92. The van der Waals surface area contributed by atoms with Gasteiger partial charge >= 0.3 is 0 Å². The number of fused-ring (bicyclic) bond motifs is 1. The van der Waals surface area contributed by atoms with Crippen LogP contribution in [0.4, 0.5) is 5.69 Å². The molecule has 25 heavy (non-hydrogen) atoms. The van der Waals surface area contributed by atoms with E-state index in [0.29, 0.717) is 16.5 Å². The Balaban J connectivity index is 1.68. The van der Waals surface area contributed by atoms with E-state index in [1.807, 2.05) is 34.2 Å². The van der Waals surface area contributed by atoms with Crippen molar-refractivity contribution < 1.29 is 4.79 Å². The number of amides is 1. The van der Waals surface area contributed by atoms with Crippen molar-refractivity contribution in [1.29, 1.82) is 0 Å². The van der Waals surface area contributed by atoms with Gasteiger partial charge in [0, 0.05) is 16.1 Å². The Kier molecular flexibility index (Phi) is 4.21. The molecule has 4 aromatic rings. The summed E-state index contributed by atoms with van der Waals surface area (Å²) in [4.78, 5) is 21.5. The van der Waals surface area contributed by atoms with Crippen molar-refractivity contribution in [2.75, 3.05) is 5.32 Å². The largest absolute Gasteiger partial charge is 0.324 e. The van der Waals surface area contributed by atoms with E-state index >= 15 is 0 Å². The maximum atomic E-state index is 12.5. The highest BCUT2D eigenvalue weighted by molar-refractivity contribution is 7.07. The molecular weight excluding hydrogens is 356 g/mol. The van der Waals surface area contributed by atoms with E-state index in [2.05, 4.69) is 15.3 Å². The fraction of sp³-hybridized carbons (Fsp3) is 0.0556. The van der Waals surface area contributed by atoms with E-state index in [1.165, 1.54) is 11.3 Å². The first-order chi connectivity index (χ1) is 12.2. The van der Waals surface area contributed by atoms with Crippen LogP contribution >= 0.6 is 22.9 Å². The van der Waals surface area contributed by atoms with Crippen LogP contribution in [0.2, 0.25) is 5.02 Å². The lowest BCUT2D eigenvalue weighted by Crippen LogP contribution is -2.19. The lowest BCUT2D eigenvalue weighted by Gasteiger charge is -2.09. The fourth-order valence-corrected chi connectivity index (χ4v) is 3.39. The Labute approximate surface area is 152 Å². The molecule has 5 nitrogen and oxygen atoms in total. The van der Waals surface area contributed by atoms with Gasteiger partial charge in [-0.2, -0.15) is 0 Å². The molecule has 0 aliphatic carbocycles. The summed E-state index contributed by atoms with van der Waals surface area (Å²) in [6.45, 7) is 0.139. The topological polar surface area (TPSA) is 59.8 Å². The molecule has 0 aliphatic rings. The average Bonchev–Trinajstić information content (AvgIpc) is 3.23. The van der Waals surface area contributed by atoms with Crippen LogP contribution in [-0.4, -0.2) is 20.4 Å². The van der Waals surface area contributed by atoms with Gasteiger partial charge in [-0.3, -0.25) is 4.79 Å². The Morgan fingerprint density at radius 2 is 2.08 bits per heavy atom. The monoisotopic (exact) mass is 368 g/mol. The molecule has 0 fully saturated rings. The summed E-state index contributed by atoms with van der Waals surface area (Å²) in [6.07, 6.45) is 0. The first-order valence-electron chi connectivity index (χ1n) is 7.60. The van der Waals surface area contributed by atoms with Gasteiger partial charge < -0.3 is 9.88 Å². The van der Waals surface area contributed by atoms with Crippen LogP contribution in [-0.2, 0) is 11.3 Å². The lowest BCUT2D eigenvalue weighted by molar-refractivity contribution is -0.116. The zero-order chi connectivity index (χ0) is 17.2. The summed E-state index contributed by atoms with van der Waals surface area (Å²) >= 11 is 7.46. The number of carbonyl (C=O) groups is 1. The quantitative estimate of drug-likeness (QED) is 0.578. The average molecular weight is 369 g/mol. The number of aromatic nitrogens is 3. The second-order valence-corrected chi connectivity index (χ2v) is 6.60. The number of nitrogens with zero attached hydrogens (tertiary/aromatic N) is 3. The molecule has 4 rings (SSSR count). The summed E-state index contributed by atoms with van der Waals surface area (Å²) in [6, 6.07) is 14.8. The zero-order valence-corrected chi connectivity index (χ0v) is 14.6. The number of benzene rings is 2. The summed E-state index contributed by atoms with van der Waals surface area (Å²) in [7, 11) is 0. The number of hydrogen-bond donors (Lipinski definition) is 1. The van der Waals surface area contributed by atoms with E-state index in [1.54, 1.807) is 29.8 Å². The second-order valence-electron chi connectivity index (χ2n) is 5.44. The van der Waals surface area contributed by atoms with Crippen LogP contribution in [0.15, 0.2) is 59.4 Å². The molecule has 0 saturated heterocycles. The minimum Gasteiger partial charge on any atom is -0.324 e.